The zero-order chi connectivity index (χ0) is 18.9. The van der Waals surface area contributed by atoms with Gasteiger partial charge < -0.3 is 14.2 Å². The van der Waals surface area contributed by atoms with Gasteiger partial charge in [-0.1, -0.05) is 13.8 Å². The number of nitrogens with zero attached hydrogens (tertiary/aromatic N) is 2. The lowest BCUT2D eigenvalue weighted by Gasteiger charge is -2.23. The quantitative estimate of drug-likeness (QED) is 0.561. The maximum Gasteiger partial charge on any atom is 0.354 e. The SMILES string of the molecule is CCn1c(C)c(C(=O)CN(C(=O)C(C)C)C2CC2)c(C)c1C(=O)OC. The number of rotatable bonds is 7. The number of carbonyl (C=O) groups is 3. The monoisotopic (exact) mass is 348 g/mol. The first-order chi connectivity index (χ1) is 11.7. The standard InChI is InChI=1S/C19H28N2O4/c1-7-20-13(5)16(12(4)17(20)19(24)25-6)15(22)10-21(14-8-9-14)18(23)11(2)3/h11,14H,7-10H2,1-6H3. The molecular formula is C19H28N2O4. The molecule has 6 nitrogen and oxygen atoms in total. The Hall–Kier alpha value is -2.11. The van der Waals surface area contributed by atoms with Gasteiger partial charge in [-0.2, -0.15) is 0 Å². The Morgan fingerprint density at radius 2 is 1.84 bits per heavy atom. The summed E-state index contributed by atoms with van der Waals surface area (Å²) in [6.45, 7) is 9.86. The summed E-state index contributed by atoms with van der Waals surface area (Å²) < 4.78 is 6.68. The Kier molecular flexibility index (Phi) is 5.70. The van der Waals surface area contributed by atoms with Crippen molar-refractivity contribution in [2.75, 3.05) is 13.7 Å². The van der Waals surface area contributed by atoms with E-state index in [1.54, 1.807) is 16.4 Å². The second kappa shape index (κ2) is 7.42. The zero-order valence-electron chi connectivity index (χ0n) is 16.0. The molecule has 25 heavy (non-hydrogen) atoms. The van der Waals surface area contributed by atoms with Gasteiger partial charge in [-0.25, -0.2) is 4.79 Å². The molecule has 1 aliphatic rings. The molecule has 1 aliphatic carbocycles. The number of amides is 1. The number of esters is 1. The first-order valence-electron chi connectivity index (χ1n) is 8.86. The molecule has 1 aromatic heterocycles. The minimum atomic E-state index is -0.446. The fourth-order valence-electron chi connectivity index (χ4n) is 3.40. The third kappa shape index (κ3) is 3.62. The molecule has 6 heteroatoms. The van der Waals surface area contributed by atoms with Crippen molar-refractivity contribution in [3.63, 3.8) is 0 Å². The summed E-state index contributed by atoms with van der Waals surface area (Å²) >= 11 is 0. The van der Waals surface area contributed by atoms with Gasteiger partial charge in [0.15, 0.2) is 5.78 Å². The molecule has 138 valence electrons. The highest BCUT2D eigenvalue weighted by atomic mass is 16.5. The van der Waals surface area contributed by atoms with Crippen LogP contribution < -0.4 is 0 Å². The predicted octanol–water partition coefficient (Wildman–Crippen LogP) is 2.74. The molecule has 0 spiro atoms. The summed E-state index contributed by atoms with van der Waals surface area (Å²) in [5.74, 6) is -0.692. The van der Waals surface area contributed by atoms with E-state index in [1.165, 1.54) is 7.11 Å². The molecule has 2 rings (SSSR count). The van der Waals surface area contributed by atoms with E-state index >= 15 is 0 Å². The Morgan fingerprint density at radius 1 is 1.24 bits per heavy atom. The van der Waals surface area contributed by atoms with Crippen LogP contribution in [0.4, 0.5) is 0 Å². The van der Waals surface area contributed by atoms with Crippen LogP contribution in [0.1, 0.15) is 65.7 Å². The molecule has 0 aromatic carbocycles. The van der Waals surface area contributed by atoms with E-state index in [9.17, 15) is 14.4 Å². The van der Waals surface area contributed by atoms with E-state index in [4.69, 9.17) is 4.74 Å². The van der Waals surface area contributed by atoms with Crippen LogP contribution >= 0.6 is 0 Å². The van der Waals surface area contributed by atoms with Crippen LogP contribution in [0.3, 0.4) is 0 Å². The molecule has 0 radical (unpaired) electrons. The van der Waals surface area contributed by atoms with E-state index in [2.05, 4.69) is 0 Å². The van der Waals surface area contributed by atoms with Crippen molar-refractivity contribution in [1.82, 2.24) is 9.47 Å². The van der Waals surface area contributed by atoms with Crippen LogP contribution in [-0.4, -0.2) is 46.8 Å². The van der Waals surface area contributed by atoms with Gasteiger partial charge in [0.1, 0.15) is 5.69 Å². The van der Waals surface area contributed by atoms with Gasteiger partial charge in [0.25, 0.3) is 0 Å². The van der Waals surface area contributed by atoms with Gasteiger partial charge in [0.05, 0.1) is 13.7 Å². The van der Waals surface area contributed by atoms with Crippen molar-refractivity contribution in [1.29, 1.82) is 0 Å². The maximum atomic E-state index is 13.0. The molecule has 0 unspecified atom stereocenters. The summed E-state index contributed by atoms with van der Waals surface area (Å²) in [5, 5.41) is 0. The molecule has 1 fully saturated rings. The Labute approximate surface area is 149 Å². The number of Topliss-reactive ketones (excluding diaryl/α,β-unsaturated/α-hetero) is 1. The molecule has 0 bridgehead atoms. The molecular weight excluding hydrogens is 320 g/mol. The van der Waals surface area contributed by atoms with Crippen LogP contribution in [0, 0.1) is 19.8 Å². The van der Waals surface area contributed by atoms with Crippen LogP contribution in [-0.2, 0) is 16.1 Å². The summed E-state index contributed by atoms with van der Waals surface area (Å²) in [7, 11) is 1.34. The molecule has 0 N–H and O–H groups in total. The summed E-state index contributed by atoms with van der Waals surface area (Å²) in [6.07, 6.45) is 1.90. The molecule has 1 aromatic rings. The van der Waals surface area contributed by atoms with E-state index in [-0.39, 0.29) is 30.2 Å². The topological polar surface area (TPSA) is 68.6 Å². The Balaban J connectivity index is 2.37. The molecule has 0 atom stereocenters. The number of ether oxygens (including phenoxy) is 1. The number of carbonyl (C=O) groups excluding carboxylic acids is 3. The van der Waals surface area contributed by atoms with Gasteiger partial charge in [-0.05, 0) is 39.2 Å². The van der Waals surface area contributed by atoms with E-state index < -0.39 is 5.97 Å². The highest BCUT2D eigenvalue weighted by molar-refractivity contribution is 6.04. The van der Waals surface area contributed by atoms with Crippen molar-refractivity contribution < 1.29 is 19.1 Å². The fraction of sp³-hybridized carbons (Fsp3) is 0.632. The van der Waals surface area contributed by atoms with Crippen LogP contribution in [0.5, 0.6) is 0 Å². The molecule has 1 heterocycles. The zero-order valence-corrected chi connectivity index (χ0v) is 16.0. The first-order valence-corrected chi connectivity index (χ1v) is 8.86. The van der Waals surface area contributed by atoms with Crippen molar-refractivity contribution in [2.24, 2.45) is 5.92 Å². The first kappa shape index (κ1) is 19.2. The third-order valence-electron chi connectivity index (χ3n) is 4.82. The second-order valence-corrected chi connectivity index (χ2v) is 6.95. The van der Waals surface area contributed by atoms with Gasteiger partial charge >= 0.3 is 5.97 Å². The lowest BCUT2D eigenvalue weighted by atomic mass is 10.0. The Bertz CT molecular complexity index is 699. The number of ketones is 1. The van der Waals surface area contributed by atoms with Gasteiger partial charge in [0.2, 0.25) is 5.91 Å². The lowest BCUT2D eigenvalue weighted by Crippen LogP contribution is -2.40. The maximum absolute atomic E-state index is 13.0. The highest BCUT2D eigenvalue weighted by Gasteiger charge is 2.36. The van der Waals surface area contributed by atoms with Gasteiger partial charge in [0, 0.05) is 29.8 Å². The molecule has 0 saturated heterocycles. The van der Waals surface area contributed by atoms with E-state index in [1.807, 2.05) is 27.7 Å². The highest BCUT2D eigenvalue weighted by Crippen LogP contribution is 2.30. The van der Waals surface area contributed by atoms with E-state index in [0.29, 0.717) is 23.4 Å². The summed E-state index contributed by atoms with van der Waals surface area (Å²) in [6, 6.07) is 0.174. The average Bonchev–Trinajstić information content (AvgIpc) is 3.36. The van der Waals surface area contributed by atoms with Crippen LogP contribution in [0.2, 0.25) is 0 Å². The lowest BCUT2D eigenvalue weighted by molar-refractivity contribution is -0.134. The van der Waals surface area contributed by atoms with Crippen molar-refractivity contribution in [3.8, 4) is 0 Å². The number of aromatic nitrogens is 1. The number of methoxy groups -OCH3 is 1. The Morgan fingerprint density at radius 3 is 2.28 bits per heavy atom. The van der Waals surface area contributed by atoms with Gasteiger partial charge in [-0.15, -0.1) is 0 Å². The van der Waals surface area contributed by atoms with Crippen LogP contribution in [0.25, 0.3) is 0 Å². The van der Waals surface area contributed by atoms with Crippen molar-refractivity contribution in [3.05, 3.63) is 22.5 Å². The van der Waals surface area contributed by atoms with Crippen molar-refractivity contribution >= 4 is 17.7 Å². The van der Waals surface area contributed by atoms with Crippen molar-refractivity contribution in [2.45, 2.75) is 60.0 Å². The van der Waals surface area contributed by atoms with Crippen LogP contribution in [0.15, 0.2) is 0 Å². The predicted molar refractivity (Wildman–Crippen MR) is 94.8 cm³/mol. The normalized spacial score (nSPS) is 13.9. The largest absolute Gasteiger partial charge is 0.464 e. The second-order valence-electron chi connectivity index (χ2n) is 6.95. The molecule has 0 aliphatic heterocycles. The summed E-state index contributed by atoms with van der Waals surface area (Å²) in [4.78, 5) is 39.3. The fourth-order valence-corrected chi connectivity index (χ4v) is 3.40. The smallest absolute Gasteiger partial charge is 0.354 e. The number of hydrogen-bond donors (Lipinski definition) is 0. The third-order valence-corrected chi connectivity index (χ3v) is 4.82. The minimum absolute atomic E-state index is 0.00858. The molecule has 1 saturated carbocycles. The number of hydrogen-bond acceptors (Lipinski definition) is 4. The average molecular weight is 348 g/mol. The minimum Gasteiger partial charge on any atom is -0.464 e. The van der Waals surface area contributed by atoms with E-state index in [0.717, 1.165) is 18.5 Å². The van der Waals surface area contributed by atoms with Gasteiger partial charge in [-0.3, -0.25) is 9.59 Å². The molecule has 1 amide bonds. The summed E-state index contributed by atoms with van der Waals surface area (Å²) in [5.41, 5.74) is 2.32.